The van der Waals surface area contributed by atoms with Gasteiger partial charge < -0.3 is 28.4 Å². The first-order valence-corrected chi connectivity index (χ1v) is 9.01. The van der Waals surface area contributed by atoms with E-state index < -0.39 is 23.5 Å². The highest BCUT2D eigenvalue weighted by atomic mass is 16.8. The summed E-state index contributed by atoms with van der Waals surface area (Å²) in [6, 6.07) is 0. The first kappa shape index (κ1) is 20.0. The highest BCUT2D eigenvalue weighted by Gasteiger charge is 2.58. The summed E-state index contributed by atoms with van der Waals surface area (Å²) in [6.07, 6.45) is 0.955. The molecule has 150 valence electrons. The number of hydrogen-bond donors (Lipinski definition) is 0. The van der Waals surface area contributed by atoms with Gasteiger partial charge in [-0.05, 0) is 13.8 Å². The lowest BCUT2D eigenvalue weighted by molar-refractivity contribution is -0.218. The van der Waals surface area contributed by atoms with E-state index in [4.69, 9.17) is 28.4 Å². The predicted octanol–water partition coefficient (Wildman–Crippen LogP) is 1.63. The Morgan fingerprint density at radius 2 is 1.30 bits per heavy atom. The summed E-state index contributed by atoms with van der Waals surface area (Å²) in [5.74, 6) is -2.50. The van der Waals surface area contributed by atoms with Crippen LogP contribution < -0.4 is 0 Å². The van der Waals surface area contributed by atoms with E-state index in [0.29, 0.717) is 43.6 Å². The molecule has 8 heteroatoms. The van der Waals surface area contributed by atoms with Gasteiger partial charge in [-0.15, -0.1) is 0 Å². The van der Waals surface area contributed by atoms with Gasteiger partial charge in [0.2, 0.25) is 0 Å². The Kier molecular flexibility index (Phi) is 5.71. The summed E-state index contributed by atoms with van der Waals surface area (Å²) in [6.45, 7) is 11.2. The predicted molar refractivity (Wildman–Crippen MR) is 92.5 cm³/mol. The van der Waals surface area contributed by atoms with Crippen LogP contribution in [0, 0.1) is 0 Å². The summed E-state index contributed by atoms with van der Waals surface area (Å²) < 4.78 is 34.0. The number of ether oxygens (including phenoxy) is 6. The second-order valence-corrected chi connectivity index (χ2v) is 7.36. The lowest BCUT2D eigenvalue weighted by Crippen LogP contribution is -2.35. The first-order chi connectivity index (χ1) is 12.7. The van der Waals surface area contributed by atoms with Gasteiger partial charge in [-0.1, -0.05) is 13.2 Å². The average molecular weight is 382 g/mol. The Labute approximate surface area is 158 Å². The minimum atomic E-state index is -0.802. The Bertz CT molecular complexity index is 590. The smallest absolute Gasteiger partial charge is 0.333 e. The highest BCUT2D eigenvalue weighted by molar-refractivity contribution is 5.87. The monoisotopic (exact) mass is 382 g/mol. The van der Waals surface area contributed by atoms with Crippen LogP contribution in [-0.4, -0.2) is 62.1 Å². The molecule has 2 saturated heterocycles. The van der Waals surface area contributed by atoms with Crippen LogP contribution in [0.1, 0.15) is 33.1 Å². The molecule has 2 spiro atoms. The summed E-state index contributed by atoms with van der Waals surface area (Å²) in [4.78, 5) is 23.0. The van der Waals surface area contributed by atoms with E-state index in [2.05, 4.69) is 13.2 Å². The van der Waals surface area contributed by atoms with Gasteiger partial charge in [0.05, 0.1) is 19.6 Å². The standard InChI is InChI=1S/C19H26O8/c1-12(2)16(20)22-7-14-9-24-18(26-14)5-6-19(11-18)25-10-15(27-19)8-23-17(21)13(3)4/h14-15H,1,3,5-11H2,2,4H3. The van der Waals surface area contributed by atoms with Crippen molar-refractivity contribution >= 4 is 11.9 Å². The molecule has 27 heavy (non-hydrogen) atoms. The molecule has 0 N–H and O–H groups in total. The molecular formula is C19H26O8. The van der Waals surface area contributed by atoms with E-state index in [-0.39, 0.29) is 25.4 Å². The minimum Gasteiger partial charge on any atom is -0.459 e. The van der Waals surface area contributed by atoms with Crippen molar-refractivity contribution in [1.82, 2.24) is 0 Å². The normalized spacial score (nSPS) is 34.9. The van der Waals surface area contributed by atoms with Crippen molar-refractivity contribution in [1.29, 1.82) is 0 Å². The van der Waals surface area contributed by atoms with Gasteiger partial charge in [-0.3, -0.25) is 0 Å². The number of carbonyl (C=O) groups is 2. The molecule has 3 rings (SSSR count). The van der Waals surface area contributed by atoms with Gasteiger partial charge >= 0.3 is 11.9 Å². The Hall–Kier alpha value is -1.74. The molecule has 3 fully saturated rings. The topological polar surface area (TPSA) is 89.5 Å². The summed E-state index contributed by atoms with van der Waals surface area (Å²) >= 11 is 0. The molecule has 3 aliphatic rings. The van der Waals surface area contributed by atoms with Crippen molar-refractivity contribution in [3.8, 4) is 0 Å². The lowest BCUT2D eigenvalue weighted by atomic mass is 10.2. The Morgan fingerprint density at radius 3 is 1.67 bits per heavy atom. The molecule has 4 atom stereocenters. The Morgan fingerprint density at radius 1 is 0.889 bits per heavy atom. The molecular weight excluding hydrogens is 356 g/mol. The molecule has 0 aromatic heterocycles. The molecule has 0 aromatic rings. The number of hydrogen-bond acceptors (Lipinski definition) is 8. The van der Waals surface area contributed by atoms with E-state index in [1.54, 1.807) is 13.8 Å². The maximum absolute atomic E-state index is 11.5. The van der Waals surface area contributed by atoms with Crippen LogP contribution >= 0.6 is 0 Å². The molecule has 0 aromatic carbocycles. The van der Waals surface area contributed by atoms with E-state index in [9.17, 15) is 9.59 Å². The molecule has 0 radical (unpaired) electrons. The van der Waals surface area contributed by atoms with E-state index >= 15 is 0 Å². The zero-order valence-corrected chi connectivity index (χ0v) is 15.8. The fourth-order valence-electron chi connectivity index (χ4n) is 3.40. The van der Waals surface area contributed by atoms with Gasteiger partial charge in [0.25, 0.3) is 0 Å². The highest BCUT2D eigenvalue weighted by Crippen LogP contribution is 2.49. The maximum atomic E-state index is 11.5. The fraction of sp³-hybridized carbons (Fsp3) is 0.684. The number of carbonyl (C=O) groups excluding carboxylic acids is 2. The average Bonchev–Trinajstić information content (AvgIpc) is 3.31. The Balaban J connectivity index is 1.47. The van der Waals surface area contributed by atoms with Gasteiger partial charge in [0.15, 0.2) is 11.6 Å². The van der Waals surface area contributed by atoms with E-state index in [0.717, 1.165) is 0 Å². The summed E-state index contributed by atoms with van der Waals surface area (Å²) in [7, 11) is 0. The fourth-order valence-corrected chi connectivity index (χ4v) is 3.40. The quantitative estimate of drug-likeness (QED) is 0.506. The minimum absolute atomic E-state index is 0.113. The van der Waals surface area contributed by atoms with Crippen LogP contribution in [0.2, 0.25) is 0 Å². The molecule has 0 amide bonds. The van der Waals surface area contributed by atoms with Gasteiger partial charge in [-0.25, -0.2) is 9.59 Å². The lowest BCUT2D eigenvalue weighted by Gasteiger charge is -2.26. The van der Waals surface area contributed by atoms with Crippen molar-refractivity contribution < 1.29 is 38.0 Å². The summed E-state index contributed by atoms with van der Waals surface area (Å²) in [5.41, 5.74) is 0.684. The zero-order valence-electron chi connectivity index (χ0n) is 15.8. The van der Waals surface area contributed by atoms with Crippen LogP contribution in [0.25, 0.3) is 0 Å². The second-order valence-electron chi connectivity index (χ2n) is 7.36. The van der Waals surface area contributed by atoms with Crippen molar-refractivity contribution in [3.05, 3.63) is 24.3 Å². The molecule has 0 bridgehead atoms. The van der Waals surface area contributed by atoms with Crippen LogP contribution in [0.3, 0.4) is 0 Å². The zero-order chi connectivity index (χ0) is 19.7. The molecule has 8 nitrogen and oxygen atoms in total. The third-order valence-corrected chi connectivity index (χ3v) is 4.75. The van der Waals surface area contributed by atoms with Crippen LogP contribution in [0.4, 0.5) is 0 Å². The number of rotatable bonds is 6. The molecule has 2 heterocycles. The third-order valence-electron chi connectivity index (χ3n) is 4.75. The van der Waals surface area contributed by atoms with Crippen molar-refractivity contribution in [2.24, 2.45) is 0 Å². The van der Waals surface area contributed by atoms with E-state index in [1.807, 2.05) is 0 Å². The third kappa shape index (κ3) is 4.57. The first-order valence-electron chi connectivity index (χ1n) is 9.01. The van der Waals surface area contributed by atoms with Crippen LogP contribution in [0.5, 0.6) is 0 Å². The molecule has 4 unspecified atom stereocenters. The van der Waals surface area contributed by atoms with Crippen molar-refractivity contribution in [2.45, 2.75) is 56.9 Å². The second kappa shape index (κ2) is 7.71. The van der Waals surface area contributed by atoms with Gasteiger partial charge in [-0.2, -0.15) is 0 Å². The maximum Gasteiger partial charge on any atom is 0.333 e. The molecule has 1 saturated carbocycles. The molecule has 1 aliphatic carbocycles. The van der Waals surface area contributed by atoms with Crippen LogP contribution in [0.15, 0.2) is 24.3 Å². The largest absolute Gasteiger partial charge is 0.459 e. The summed E-state index contributed by atoms with van der Waals surface area (Å²) in [5, 5.41) is 0. The van der Waals surface area contributed by atoms with Crippen molar-refractivity contribution in [3.63, 3.8) is 0 Å². The van der Waals surface area contributed by atoms with E-state index in [1.165, 1.54) is 0 Å². The number of esters is 2. The van der Waals surface area contributed by atoms with Gasteiger partial charge in [0, 0.05) is 24.0 Å². The molecule has 2 aliphatic heterocycles. The van der Waals surface area contributed by atoms with Crippen LogP contribution in [-0.2, 0) is 38.0 Å². The van der Waals surface area contributed by atoms with Gasteiger partial charge in [0.1, 0.15) is 25.4 Å². The van der Waals surface area contributed by atoms with Crippen molar-refractivity contribution in [2.75, 3.05) is 26.4 Å². The SMILES string of the molecule is C=C(C)C(=O)OCC1COC2(CCC3(C2)OCC(COC(=O)C(=C)C)O3)O1.